The molecule has 2 amide bonds. The van der Waals surface area contributed by atoms with E-state index in [0.29, 0.717) is 11.3 Å². The highest BCUT2D eigenvalue weighted by Crippen LogP contribution is 2.29. The lowest BCUT2D eigenvalue weighted by Gasteiger charge is -2.12. The van der Waals surface area contributed by atoms with Gasteiger partial charge < -0.3 is 24.5 Å². The monoisotopic (exact) mass is 394 g/mol. The van der Waals surface area contributed by atoms with Crippen molar-refractivity contribution in [1.82, 2.24) is 10.6 Å². The minimum atomic E-state index is -2.97. The predicted octanol–water partition coefficient (Wildman–Crippen LogP) is 2.72. The second-order valence-electron chi connectivity index (χ2n) is 5.65. The molecule has 2 N–H and O–H groups in total. The van der Waals surface area contributed by atoms with Gasteiger partial charge in [0.1, 0.15) is 11.8 Å². The molecule has 1 aromatic carbocycles. The Bertz CT molecular complexity index is 822. The third kappa shape index (κ3) is 6.42. The zero-order valence-corrected chi connectivity index (χ0v) is 15.3. The van der Waals surface area contributed by atoms with Gasteiger partial charge in [-0.25, -0.2) is 0 Å². The van der Waals surface area contributed by atoms with Gasteiger partial charge in [-0.3, -0.25) is 9.59 Å². The molecule has 0 saturated carbocycles. The summed E-state index contributed by atoms with van der Waals surface area (Å²) >= 11 is 0. The number of carbonyl (C=O) groups excluding carboxylic acids is 2. The molecule has 7 nitrogen and oxygen atoms in total. The van der Waals surface area contributed by atoms with Crippen LogP contribution in [0.4, 0.5) is 8.78 Å². The van der Waals surface area contributed by atoms with Crippen LogP contribution in [-0.2, 0) is 16.1 Å². The van der Waals surface area contributed by atoms with E-state index in [-0.39, 0.29) is 24.0 Å². The highest BCUT2D eigenvalue weighted by molar-refractivity contribution is 5.95. The van der Waals surface area contributed by atoms with Crippen molar-refractivity contribution < 1.29 is 32.3 Å². The normalized spacial score (nSPS) is 12.0. The molecule has 150 valence electrons. The number of hydrogen-bond acceptors (Lipinski definition) is 5. The van der Waals surface area contributed by atoms with Gasteiger partial charge in [0.05, 0.1) is 19.9 Å². The van der Waals surface area contributed by atoms with Crippen molar-refractivity contribution in [3.63, 3.8) is 0 Å². The lowest BCUT2D eigenvalue weighted by molar-refractivity contribution is -0.126. The smallest absolute Gasteiger partial charge is 0.387 e. The maximum atomic E-state index is 12.3. The van der Waals surface area contributed by atoms with Crippen LogP contribution in [0.1, 0.15) is 18.2 Å². The standard InChI is InChI=1S/C19H20F2N2O5/c1-12(18(25)22-11-14-4-3-9-27-14)23-17(24)8-6-13-5-7-15(28-19(20)21)16(10-13)26-2/h3-10,12,19H,11H2,1-2H3,(H,22,25)(H,23,24)/b8-6+. The molecule has 0 aliphatic rings. The van der Waals surface area contributed by atoms with Crippen LogP contribution in [0.3, 0.4) is 0 Å². The molecule has 1 unspecified atom stereocenters. The fourth-order valence-corrected chi connectivity index (χ4v) is 2.22. The maximum absolute atomic E-state index is 12.3. The van der Waals surface area contributed by atoms with Crippen molar-refractivity contribution in [3.8, 4) is 11.5 Å². The van der Waals surface area contributed by atoms with Gasteiger partial charge in [0.15, 0.2) is 11.5 Å². The maximum Gasteiger partial charge on any atom is 0.387 e. The summed E-state index contributed by atoms with van der Waals surface area (Å²) in [6, 6.07) is 6.91. The number of halogens is 2. The molecule has 1 atom stereocenters. The highest BCUT2D eigenvalue weighted by atomic mass is 19.3. The van der Waals surface area contributed by atoms with E-state index in [1.807, 2.05) is 0 Å². The number of alkyl halides is 2. The van der Waals surface area contributed by atoms with Crippen molar-refractivity contribution in [2.24, 2.45) is 0 Å². The molecule has 1 aromatic heterocycles. The van der Waals surface area contributed by atoms with Crippen LogP contribution in [0.2, 0.25) is 0 Å². The number of methoxy groups -OCH3 is 1. The predicted molar refractivity (Wildman–Crippen MR) is 96.8 cm³/mol. The van der Waals surface area contributed by atoms with Crippen molar-refractivity contribution in [2.75, 3.05) is 7.11 Å². The van der Waals surface area contributed by atoms with Crippen molar-refractivity contribution >= 4 is 17.9 Å². The number of carbonyl (C=O) groups is 2. The summed E-state index contributed by atoms with van der Waals surface area (Å²) in [4.78, 5) is 24.0. The Morgan fingerprint density at radius 3 is 2.68 bits per heavy atom. The lowest BCUT2D eigenvalue weighted by atomic mass is 10.2. The van der Waals surface area contributed by atoms with Crippen molar-refractivity contribution in [2.45, 2.75) is 26.1 Å². The number of hydrogen-bond donors (Lipinski definition) is 2. The molecule has 0 saturated heterocycles. The van der Waals surface area contributed by atoms with E-state index in [2.05, 4.69) is 15.4 Å². The molecular weight excluding hydrogens is 374 g/mol. The summed E-state index contributed by atoms with van der Waals surface area (Å²) in [5.41, 5.74) is 0.531. The molecule has 0 spiro atoms. The topological polar surface area (TPSA) is 89.8 Å². The van der Waals surface area contributed by atoms with Gasteiger partial charge in [-0.05, 0) is 42.8 Å². The van der Waals surface area contributed by atoms with Gasteiger partial charge in [0, 0.05) is 6.08 Å². The molecule has 1 heterocycles. The van der Waals surface area contributed by atoms with E-state index in [9.17, 15) is 18.4 Å². The number of furan rings is 1. The summed E-state index contributed by atoms with van der Waals surface area (Å²) in [6.07, 6.45) is 4.18. The molecule has 28 heavy (non-hydrogen) atoms. The second kappa shape index (κ2) is 10.1. The Morgan fingerprint density at radius 1 is 1.25 bits per heavy atom. The van der Waals surface area contributed by atoms with E-state index in [1.54, 1.807) is 19.1 Å². The van der Waals surface area contributed by atoms with E-state index >= 15 is 0 Å². The van der Waals surface area contributed by atoms with Gasteiger partial charge >= 0.3 is 6.61 Å². The zero-order chi connectivity index (χ0) is 20.5. The van der Waals surface area contributed by atoms with E-state index in [4.69, 9.17) is 9.15 Å². The first-order chi connectivity index (χ1) is 13.4. The minimum absolute atomic E-state index is 0.105. The SMILES string of the molecule is COc1cc(/C=C/C(=O)NC(C)C(=O)NCc2ccco2)ccc1OC(F)F. The van der Waals surface area contributed by atoms with Crippen LogP contribution >= 0.6 is 0 Å². The van der Waals surface area contributed by atoms with Gasteiger partial charge in [0.2, 0.25) is 11.8 Å². The van der Waals surface area contributed by atoms with Crippen LogP contribution in [0.15, 0.2) is 47.1 Å². The van der Waals surface area contributed by atoms with Gasteiger partial charge in [-0.1, -0.05) is 6.07 Å². The summed E-state index contributed by atoms with van der Waals surface area (Å²) in [6.45, 7) is -1.21. The van der Waals surface area contributed by atoms with E-state index in [1.165, 1.54) is 43.7 Å². The summed E-state index contributed by atoms with van der Waals surface area (Å²) in [7, 11) is 1.32. The first-order valence-corrected chi connectivity index (χ1v) is 8.30. The minimum Gasteiger partial charge on any atom is -0.493 e. The molecule has 2 rings (SSSR count). The van der Waals surface area contributed by atoms with Crippen LogP contribution in [0, 0.1) is 0 Å². The fourth-order valence-electron chi connectivity index (χ4n) is 2.22. The Kier molecular flexibility index (Phi) is 7.55. The first-order valence-electron chi connectivity index (χ1n) is 8.30. The van der Waals surface area contributed by atoms with Crippen molar-refractivity contribution in [3.05, 3.63) is 54.0 Å². The Hall–Kier alpha value is -3.36. The number of rotatable bonds is 9. The summed E-state index contributed by atoms with van der Waals surface area (Å²) in [5.74, 6) is -0.268. The van der Waals surface area contributed by atoms with Crippen LogP contribution in [-0.4, -0.2) is 31.6 Å². The molecule has 0 radical (unpaired) electrons. The van der Waals surface area contributed by atoms with Crippen LogP contribution in [0.5, 0.6) is 11.5 Å². The Balaban J connectivity index is 1.89. The van der Waals surface area contributed by atoms with Crippen molar-refractivity contribution in [1.29, 1.82) is 0 Å². The van der Waals surface area contributed by atoms with Gasteiger partial charge in [-0.15, -0.1) is 0 Å². The molecule has 2 aromatic rings. The van der Waals surface area contributed by atoms with Crippen LogP contribution < -0.4 is 20.1 Å². The van der Waals surface area contributed by atoms with Crippen LogP contribution in [0.25, 0.3) is 6.08 Å². The van der Waals surface area contributed by atoms with Gasteiger partial charge in [-0.2, -0.15) is 8.78 Å². The highest BCUT2D eigenvalue weighted by Gasteiger charge is 2.14. The second-order valence-corrected chi connectivity index (χ2v) is 5.65. The third-order valence-corrected chi connectivity index (χ3v) is 3.60. The molecule has 0 fully saturated rings. The Labute approximate surface area is 160 Å². The number of ether oxygens (including phenoxy) is 2. The number of benzene rings is 1. The molecular formula is C19H20F2N2O5. The first kappa shape index (κ1) is 20.9. The summed E-state index contributed by atoms with van der Waals surface area (Å²) < 4.78 is 39.1. The third-order valence-electron chi connectivity index (χ3n) is 3.60. The Morgan fingerprint density at radius 2 is 2.04 bits per heavy atom. The molecule has 0 aliphatic carbocycles. The van der Waals surface area contributed by atoms with E-state index in [0.717, 1.165) is 0 Å². The number of nitrogens with one attached hydrogen (secondary N) is 2. The number of amides is 2. The molecule has 9 heteroatoms. The summed E-state index contributed by atoms with van der Waals surface area (Å²) in [5, 5.41) is 5.16. The average Bonchev–Trinajstić information content (AvgIpc) is 3.18. The van der Waals surface area contributed by atoms with E-state index < -0.39 is 18.6 Å². The lowest BCUT2D eigenvalue weighted by Crippen LogP contribution is -2.44. The molecule has 0 bridgehead atoms. The largest absolute Gasteiger partial charge is 0.493 e. The molecule has 0 aliphatic heterocycles. The zero-order valence-electron chi connectivity index (χ0n) is 15.3. The quantitative estimate of drug-likeness (QED) is 0.639. The van der Waals surface area contributed by atoms with Gasteiger partial charge in [0.25, 0.3) is 0 Å². The fraction of sp³-hybridized carbons (Fsp3) is 0.263. The average molecular weight is 394 g/mol.